The molecule has 3 rings (SSSR count). The first-order valence-corrected chi connectivity index (χ1v) is 8.49. The standard InChI is InChI=1S/C16H17FN2O2S/c17-12-8-6-11(7-9-12)14-15(16(14,19)10-18)22(20,21)13-4-2-1-3-5-13/h1-9,14-15H,10,18-19H2/t14-,15+,16-/m0/s1. The number of hydrogen-bond acceptors (Lipinski definition) is 4. The van der Waals surface area contributed by atoms with Crippen molar-refractivity contribution in [2.24, 2.45) is 11.5 Å². The number of nitrogens with two attached hydrogens (primary N) is 2. The fourth-order valence-corrected chi connectivity index (χ4v) is 5.39. The van der Waals surface area contributed by atoms with Crippen LogP contribution >= 0.6 is 0 Å². The lowest BCUT2D eigenvalue weighted by molar-refractivity contribution is 0.586. The Labute approximate surface area is 128 Å². The van der Waals surface area contributed by atoms with E-state index in [9.17, 15) is 12.8 Å². The fourth-order valence-electron chi connectivity index (χ4n) is 3.05. The minimum atomic E-state index is -3.59. The Balaban J connectivity index is 2.02. The highest BCUT2D eigenvalue weighted by atomic mass is 32.2. The lowest BCUT2D eigenvalue weighted by Crippen LogP contribution is -2.39. The molecule has 116 valence electrons. The van der Waals surface area contributed by atoms with Gasteiger partial charge in [-0.3, -0.25) is 0 Å². The molecule has 0 aromatic heterocycles. The quantitative estimate of drug-likeness (QED) is 0.892. The SMILES string of the molecule is NC[C@@]1(N)[C@H](S(=O)(=O)c2ccccc2)[C@@H]1c1ccc(F)cc1. The molecule has 2 aromatic carbocycles. The number of rotatable bonds is 4. The van der Waals surface area contributed by atoms with Crippen molar-refractivity contribution in [1.29, 1.82) is 0 Å². The monoisotopic (exact) mass is 320 g/mol. The molecule has 0 radical (unpaired) electrons. The molecule has 1 saturated carbocycles. The van der Waals surface area contributed by atoms with Crippen LogP contribution in [0.5, 0.6) is 0 Å². The predicted molar refractivity (Wildman–Crippen MR) is 82.5 cm³/mol. The van der Waals surface area contributed by atoms with Crippen LogP contribution in [-0.4, -0.2) is 25.8 Å². The highest BCUT2D eigenvalue weighted by molar-refractivity contribution is 7.92. The zero-order valence-electron chi connectivity index (χ0n) is 11.8. The molecule has 0 aliphatic heterocycles. The van der Waals surface area contributed by atoms with Crippen LogP contribution < -0.4 is 11.5 Å². The summed E-state index contributed by atoms with van der Waals surface area (Å²) in [5.41, 5.74) is 11.6. The van der Waals surface area contributed by atoms with Gasteiger partial charge in [0, 0.05) is 12.5 Å². The van der Waals surface area contributed by atoms with Crippen molar-refractivity contribution in [2.45, 2.75) is 21.6 Å². The first-order valence-electron chi connectivity index (χ1n) is 6.94. The predicted octanol–water partition coefficient (Wildman–Crippen LogP) is 1.42. The van der Waals surface area contributed by atoms with Gasteiger partial charge in [0.25, 0.3) is 0 Å². The van der Waals surface area contributed by atoms with Gasteiger partial charge in [-0.2, -0.15) is 0 Å². The van der Waals surface area contributed by atoms with Gasteiger partial charge >= 0.3 is 0 Å². The summed E-state index contributed by atoms with van der Waals surface area (Å²) in [5.74, 6) is -0.800. The van der Waals surface area contributed by atoms with Gasteiger partial charge in [0.05, 0.1) is 15.7 Å². The van der Waals surface area contributed by atoms with Crippen molar-refractivity contribution in [3.05, 3.63) is 66.0 Å². The minimum Gasteiger partial charge on any atom is -0.329 e. The lowest BCUT2D eigenvalue weighted by atomic mass is 10.1. The zero-order valence-corrected chi connectivity index (χ0v) is 12.6. The van der Waals surface area contributed by atoms with E-state index in [0.29, 0.717) is 5.56 Å². The van der Waals surface area contributed by atoms with E-state index in [1.165, 1.54) is 12.1 Å². The van der Waals surface area contributed by atoms with Crippen molar-refractivity contribution in [1.82, 2.24) is 0 Å². The summed E-state index contributed by atoms with van der Waals surface area (Å²) in [6.45, 7) is 0.0474. The third-order valence-corrected chi connectivity index (χ3v) is 6.60. The van der Waals surface area contributed by atoms with Crippen LogP contribution in [0, 0.1) is 5.82 Å². The van der Waals surface area contributed by atoms with Gasteiger partial charge in [-0.25, -0.2) is 12.8 Å². The molecular weight excluding hydrogens is 303 g/mol. The fraction of sp³-hybridized carbons (Fsp3) is 0.250. The number of sulfone groups is 1. The minimum absolute atomic E-state index is 0.0474. The van der Waals surface area contributed by atoms with Crippen LogP contribution in [0.1, 0.15) is 11.5 Å². The van der Waals surface area contributed by atoms with E-state index in [1.807, 2.05) is 0 Å². The highest BCUT2D eigenvalue weighted by Crippen LogP contribution is 2.55. The Bertz CT molecular complexity index is 778. The maximum Gasteiger partial charge on any atom is 0.183 e. The molecule has 1 fully saturated rings. The maximum atomic E-state index is 13.1. The van der Waals surface area contributed by atoms with E-state index in [-0.39, 0.29) is 17.3 Å². The molecule has 0 unspecified atom stereocenters. The molecule has 0 amide bonds. The van der Waals surface area contributed by atoms with Crippen molar-refractivity contribution in [3.63, 3.8) is 0 Å². The van der Waals surface area contributed by atoms with Gasteiger partial charge < -0.3 is 11.5 Å². The molecule has 1 aliphatic rings. The molecule has 22 heavy (non-hydrogen) atoms. The van der Waals surface area contributed by atoms with Crippen molar-refractivity contribution in [2.75, 3.05) is 6.54 Å². The first-order chi connectivity index (χ1) is 10.4. The summed E-state index contributed by atoms with van der Waals surface area (Å²) < 4.78 is 38.7. The zero-order chi connectivity index (χ0) is 16.0. The van der Waals surface area contributed by atoms with E-state index in [2.05, 4.69) is 0 Å². The van der Waals surface area contributed by atoms with E-state index in [0.717, 1.165) is 0 Å². The average Bonchev–Trinajstić information content (AvgIpc) is 3.17. The largest absolute Gasteiger partial charge is 0.329 e. The van der Waals surface area contributed by atoms with Gasteiger partial charge in [0.1, 0.15) is 5.82 Å². The number of halogens is 1. The molecule has 6 heteroatoms. The third kappa shape index (κ3) is 2.24. The van der Waals surface area contributed by atoms with E-state index < -0.39 is 26.5 Å². The molecule has 0 heterocycles. The van der Waals surface area contributed by atoms with Crippen LogP contribution in [-0.2, 0) is 9.84 Å². The topological polar surface area (TPSA) is 86.2 Å². The molecule has 0 saturated heterocycles. The summed E-state index contributed by atoms with van der Waals surface area (Å²) in [4.78, 5) is 0.230. The number of hydrogen-bond donors (Lipinski definition) is 2. The third-order valence-electron chi connectivity index (χ3n) is 4.29. The summed E-state index contributed by atoms with van der Waals surface area (Å²) >= 11 is 0. The second-order valence-corrected chi connectivity index (χ2v) is 7.69. The van der Waals surface area contributed by atoms with E-state index in [1.54, 1.807) is 42.5 Å². The van der Waals surface area contributed by atoms with Crippen molar-refractivity contribution < 1.29 is 12.8 Å². The van der Waals surface area contributed by atoms with E-state index >= 15 is 0 Å². The van der Waals surface area contributed by atoms with Crippen molar-refractivity contribution in [3.8, 4) is 0 Å². The molecule has 2 aromatic rings. The van der Waals surface area contributed by atoms with Crippen LogP contribution in [0.3, 0.4) is 0 Å². The molecule has 3 atom stereocenters. The summed E-state index contributed by atoms with van der Waals surface area (Å²) in [6, 6.07) is 13.9. The summed E-state index contributed by atoms with van der Waals surface area (Å²) in [7, 11) is -3.59. The Hall–Kier alpha value is -1.76. The van der Waals surface area contributed by atoms with Crippen LogP contribution in [0.4, 0.5) is 4.39 Å². The first kappa shape index (κ1) is 15.1. The Morgan fingerprint density at radius 3 is 2.18 bits per heavy atom. The van der Waals surface area contributed by atoms with Crippen LogP contribution in [0.25, 0.3) is 0 Å². The smallest absolute Gasteiger partial charge is 0.183 e. The summed E-state index contributed by atoms with van der Waals surface area (Å²) in [6.07, 6.45) is 0. The molecular formula is C16H17FN2O2S. The Kier molecular flexibility index (Phi) is 3.55. The van der Waals surface area contributed by atoms with Crippen LogP contribution in [0.2, 0.25) is 0 Å². The summed E-state index contributed by atoms with van der Waals surface area (Å²) in [5, 5.41) is -0.794. The second kappa shape index (κ2) is 5.15. The molecule has 0 spiro atoms. The van der Waals surface area contributed by atoms with Crippen molar-refractivity contribution >= 4 is 9.84 Å². The van der Waals surface area contributed by atoms with Gasteiger partial charge in [-0.05, 0) is 29.8 Å². The number of benzene rings is 2. The maximum absolute atomic E-state index is 13.1. The van der Waals surface area contributed by atoms with Gasteiger partial charge in [-0.15, -0.1) is 0 Å². The van der Waals surface area contributed by atoms with E-state index in [4.69, 9.17) is 11.5 Å². The molecule has 1 aliphatic carbocycles. The molecule has 4 N–H and O–H groups in total. The van der Waals surface area contributed by atoms with Crippen LogP contribution in [0.15, 0.2) is 59.5 Å². The average molecular weight is 320 g/mol. The molecule has 4 nitrogen and oxygen atoms in total. The van der Waals surface area contributed by atoms with Gasteiger partial charge in [0.15, 0.2) is 9.84 Å². The lowest BCUT2D eigenvalue weighted by Gasteiger charge is -2.08. The Morgan fingerprint density at radius 2 is 1.64 bits per heavy atom. The van der Waals surface area contributed by atoms with Gasteiger partial charge in [-0.1, -0.05) is 30.3 Å². The highest BCUT2D eigenvalue weighted by Gasteiger charge is 2.68. The normalized spacial score (nSPS) is 27.6. The molecule has 0 bridgehead atoms. The van der Waals surface area contributed by atoms with Gasteiger partial charge in [0.2, 0.25) is 0 Å². The second-order valence-electron chi connectivity index (χ2n) is 5.62. The Morgan fingerprint density at radius 1 is 1.05 bits per heavy atom.